The van der Waals surface area contributed by atoms with Crippen molar-refractivity contribution in [3.63, 3.8) is 0 Å². The maximum atomic E-state index is 12.7. The molecule has 2 saturated heterocycles. The molecule has 0 N–H and O–H groups in total. The Morgan fingerprint density at radius 3 is 2.57 bits per heavy atom. The van der Waals surface area contributed by atoms with E-state index < -0.39 is 9.84 Å². The molecule has 2 aliphatic rings. The van der Waals surface area contributed by atoms with Gasteiger partial charge in [-0.2, -0.15) is 4.99 Å². The highest BCUT2D eigenvalue weighted by molar-refractivity contribution is 8.16. The zero-order chi connectivity index (χ0) is 21.5. The van der Waals surface area contributed by atoms with Crippen LogP contribution in [0, 0.1) is 0 Å². The molecule has 0 bridgehead atoms. The number of rotatable bonds is 4. The quantitative estimate of drug-likeness (QED) is 0.655. The van der Waals surface area contributed by atoms with Crippen LogP contribution in [0.1, 0.15) is 5.56 Å². The van der Waals surface area contributed by atoms with Gasteiger partial charge in [0.05, 0.1) is 36.8 Å². The fourth-order valence-corrected chi connectivity index (χ4v) is 7.84. The highest BCUT2D eigenvalue weighted by atomic mass is 35.5. The Bertz CT molecular complexity index is 1120. The van der Waals surface area contributed by atoms with E-state index in [1.165, 1.54) is 18.9 Å². The minimum absolute atomic E-state index is 0.00920. The second-order valence-electron chi connectivity index (χ2n) is 7.08. The van der Waals surface area contributed by atoms with Gasteiger partial charge in [0.2, 0.25) is 0 Å². The number of methoxy groups -OCH3 is 1. The first-order chi connectivity index (χ1) is 14.3. The van der Waals surface area contributed by atoms with Crippen LogP contribution < -0.4 is 9.64 Å². The van der Waals surface area contributed by atoms with Crippen molar-refractivity contribution in [2.24, 2.45) is 4.99 Å². The molecule has 2 fully saturated rings. The van der Waals surface area contributed by atoms with Crippen LogP contribution in [0.2, 0.25) is 10.0 Å². The van der Waals surface area contributed by atoms with Crippen LogP contribution in [-0.2, 0) is 21.1 Å². The standard InChI is InChI=1S/C20H18Cl2N2O4S2/c1-28-17-7-6-14(22)9-15(17)24-16-10-30(26,27)11-18(16)29-20(24)23-19(25)8-12-2-4-13(21)5-3-12/h2-7,9,16,18H,8,10-11H2,1H3/t16-,18+/m0/s1. The summed E-state index contributed by atoms with van der Waals surface area (Å²) < 4.78 is 29.9. The smallest absolute Gasteiger partial charge is 0.252 e. The number of fused-ring (bicyclic) bond motifs is 1. The molecule has 0 unspecified atom stereocenters. The number of nitrogens with zero attached hydrogens (tertiary/aromatic N) is 2. The van der Waals surface area contributed by atoms with E-state index in [4.69, 9.17) is 27.9 Å². The largest absolute Gasteiger partial charge is 0.495 e. The van der Waals surface area contributed by atoms with Crippen LogP contribution in [0.25, 0.3) is 0 Å². The van der Waals surface area contributed by atoms with E-state index >= 15 is 0 Å². The van der Waals surface area contributed by atoms with Crippen molar-refractivity contribution in [3.05, 3.63) is 58.1 Å². The van der Waals surface area contributed by atoms with Gasteiger partial charge in [0.15, 0.2) is 15.0 Å². The number of thioether (sulfide) groups is 1. The maximum absolute atomic E-state index is 12.7. The van der Waals surface area contributed by atoms with Gasteiger partial charge in [-0.05, 0) is 35.9 Å². The number of aliphatic imine (C=N–C) groups is 1. The van der Waals surface area contributed by atoms with Crippen molar-refractivity contribution in [2.75, 3.05) is 23.5 Å². The van der Waals surface area contributed by atoms with E-state index in [0.717, 1.165) is 5.56 Å². The summed E-state index contributed by atoms with van der Waals surface area (Å²) in [6.45, 7) is 0. The summed E-state index contributed by atoms with van der Waals surface area (Å²) in [6.07, 6.45) is 0.120. The third-order valence-corrected chi connectivity index (χ3v) is 8.65. The fourth-order valence-electron chi connectivity index (χ4n) is 3.62. The first-order valence-electron chi connectivity index (χ1n) is 9.11. The Balaban J connectivity index is 1.69. The van der Waals surface area contributed by atoms with Crippen LogP contribution in [-0.4, -0.2) is 49.4 Å². The molecule has 0 saturated carbocycles. The molecule has 4 rings (SSSR count). The van der Waals surface area contributed by atoms with Gasteiger partial charge in [-0.15, -0.1) is 0 Å². The number of hydrogen-bond donors (Lipinski definition) is 0. The van der Waals surface area contributed by atoms with Gasteiger partial charge >= 0.3 is 0 Å². The van der Waals surface area contributed by atoms with Gasteiger partial charge in [-0.25, -0.2) is 8.42 Å². The van der Waals surface area contributed by atoms with Crippen molar-refractivity contribution in [1.82, 2.24) is 0 Å². The average Bonchev–Trinajstić information content (AvgIpc) is 3.14. The SMILES string of the molecule is COc1ccc(Cl)cc1N1C(=NC(=O)Cc2ccc(Cl)cc2)S[C@@H]2CS(=O)(=O)C[C@@H]21. The first-order valence-corrected chi connectivity index (χ1v) is 12.6. The number of anilines is 1. The normalized spacial score (nSPS) is 23.6. The molecule has 0 radical (unpaired) electrons. The van der Waals surface area contributed by atoms with Crippen molar-refractivity contribution in [2.45, 2.75) is 17.7 Å². The highest BCUT2D eigenvalue weighted by Crippen LogP contribution is 2.44. The van der Waals surface area contributed by atoms with E-state index in [1.807, 2.05) is 0 Å². The number of carbonyl (C=O) groups excluding carboxylic acids is 1. The van der Waals surface area contributed by atoms with E-state index in [2.05, 4.69) is 4.99 Å². The summed E-state index contributed by atoms with van der Waals surface area (Å²) in [5.74, 6) is 0.244. The summed E-state index contributed by atoms with van der Waals surface area (Å²) in [6, 6.07) is 11.8. The second-order valence-corrected chi connectivity index (χ2v) is 11.3. The Morgan fingerprint density at radius 2 is 1.87 bits per heavy atom. The zero-order valence-electron chi connectivity index (χ0n) is 15.9. The number of carbonyl (C=O) groups is 1. The number of hydrogen-bond acceptors (Lipinski definition) is 5. The maximum Gasteiger partial charge on any atom is 0.252 e. The summed E-state index contributed by atoms with van der Waals surface area (Å²) >= 11 is 13.4. The van der Waals surface area contributed by atoms with Gasteiger partial charge < -0.3 is 9.64 Å². The minimum Gasteiger partial charge on any atom is -0.495 e. The van der Waals surface area contributed by atoms with Gasteiger partial charge in [0.25, 0.3) is 5.91 Å². The molecule has 2 atom stereocenters. The van der Waals surface area contributed by atoms with E-state index in [9.17, 15) is 13.2 Å². The number of sulfone groups is 1. The van der Waals surface area contributed by atoms with Gasteiger partial charge in [-0.1, -0.05) is 47.1 Å². The van der Waals surface area contributed by atoms with Crippen LogP contribution in [0.15, 0.2) is 47.5 Å². The van der Waals surface area contributed by atoms with E-state index in [-0.39, 0.29) is 35.1 Å². The zero-order valence-corrected chi connectivity index (χ0v) is 19.1. The molecule has 0 spiro atoms. The van der Waals surface area contributed by atoms with E-state index in [1.54, 1.807) is 47.4 Å². The molecule has 0 aliphatic carbocycles. The number of benzene rings is 2. The molecular formula is C20H18Cl2N2O4S2. The van der Waals surface area contributed by atoms with Crippen LogP contribution in [0.3, 0.4) is 0 Å². The summed E-state index contributed by atoms with van der Waals surface area (Å²) in [4.78, 5) is 18.8. The number of ether oxygens (including phenoxy) is 1. The molecule has 6 nitrogen and oxygen atoms in total. The lowest BCUT2D eigenvalue weighted by Gasteiger charge is -2.26. The highest BCUT2D eigenvalue weighted by Gasteiger charge is 2.50. The monoisotopic (exact) mass is 484 g/mol. The van der Waals surface area contributed by atoms with Crippen molar-refractivity contribution < 1.29 is 17.9 Å². The van der Waals surface area contributed by atoms with Gasteiger partial charge in [-0.3, -0.25) is 4.79 Å². The van der Waals surface area contributed by atoms with Crippen molar-refractivity contribution in [1.29, 1.82) is 0 Å². The third kappa shape index (κ3) is 4.46. The lowest BCUT2D eigenvalue weighted by molar-refractivity contribution is -0.117. The second kappa shape index (κ2) is 8.42. The number of amides is 1. The lowest BCUT2D eigenvalue weighted by Crippen LogP contribution is -2.38. The van der Waals surface area contributed by atoms with Crippen LogP contribution in [0.4, 0.5) is 5.69 Å². The topological polar surface area (TPSA) is 76.0 Å². The molecule has 2 aliphatic heterocycles. The number of amidine groups is 1. The lowest BCUT2D eigenvalue weighted by atomic mass is 10.1. The molecule has 158 valence electrons. The van der Waals surface area contributed by atoms with Crippen molar-refractivity contribution >= 4 is 61.6 Å². The van der Waals surface area contributed by atoms with Crippen molar-refractivity contribution in [3.8, 4) is 5.75 Å². The minimum atomic E-state index is -3.17. The Morgan fingerprint density at radius 1 is 1.17 bits per heavy atom. The van der Waals surface area contributed by atoms with E-state index in [0.29, 0.717) is 26.6 Å². The summed E-state index contributed by atoms with van der Waals surface area (Å²) in [7, 11) is -1.64. The Kier molecular flexibility index (Phi) is 6.03. The van der Waals surface area contributed by atoms with Crippen LogP contribution in [0.5, 0.6) is 5.75 Å². The molecule has 10 heteroatoms. The Labute approximate surface area is 189 Å². The molecule has 30 heavy (non-hydrogen) atoms. The molecule has 2 aromatic carbocycles. The predicted molar refractivity (Wildman–Crippen MR) is 122 cm³/mol. The summed E-state index contributed by atoms with van der Waals surface area (Å²) in [5, 5.41) is 1.32. The molecule has 1 amide bonds. The number of halogens is 2. The molecule has 2 aromatic rings. The molecule has 2 heterocycles. The first kappa shape index (κ1) is 21.5. The fraction of sp³-hybridized carbons (Fsp3) is 0.300. The van der Waals surface area contributed by atoms with Crippen LogP contribution >= 0.6 is 35.0 Å². The third-order valence-electron chi connectivity index (χ3n) is 4.96. The predicted octanol–water partition coefficient (Wildman–Crippen LogP) is 3.85. The molecular weight excluding hydrogens is 467 g/mol. The molecule has 0 aromatic heterocycles. The summed E-state index contributed by atoms with van der Waals surface area (Å²) in [5.41, 5.74) is 1.39. The average molecular weight is 485 g/mol. The van der Waals surface area contributed by atoms with Gasteiger partial charge in [0, 0.05) is 15.3 Å². The van der Waals surface area contributed by atoms with Gasteiger partial charge in [0.1, 0.15) is 5.75 Å². The Hall–Kier alpha value is -1.74.